The molecule has 23 heavy (non-hydrogen) atoms. The van der Waals surface area contributed by atoms with E-state index in [1.165, 1.54) is 13.0 Å². The summed E-state index contributed by atoms with van der Waals surface area (Å²) in [5.41, 5.74) is 0.842. The van der Waals surface area contributed by atoms with E-state index >= 15 is 0 Å². The maximum absolute atomic E-state index is 12.4. The van der Waals surface area contributed by atoms with Crippen molar-refractivity contribution in [2.75, 3.05) is 0 Å². The molecule has 118 valence electrons. The van der Waals surface area contributed by atoms with Crippen LogP contribution in [-0.2, 0) is 4.79 Å². The number of Topliss-reactive ketones (excluding diaryl/α,β-unsaturated/α-hetero) is 1. The van der Waals surface area contributed by atoms with Crippen molar-refractivity contribution in [2.45, 2.75) is 18.6 Å². The van der Waals surface area contributed by atoms with Crippen molar-refractivity contribution in [1.29, 1.82) is 0 Å². The van der Waals surface area contributed by atoms with Crippen molar-refractivity contribution >= 4 is 28.3 Å². The number of nitro benzene ring substituents is 1. The third-order valence-electron chi connectivity index (χ3n) is 3.26. The fourth-order valence-corrected chi connectivity index (χ4v) is 3.21. The minimum atomic E-state index is -0.582. The van der Waals surface area contributed by atoms with Crippen LogP contribution in [0, 0.1) is 10.1 Å². The number of carbonyl (C=O) groups is 2. The van der Waals surface area contributed by atoms with Gasteiger partial charge in [0.05, 0.1) is 10.2 Å². The zero-order valence-electron chi connectivity index (χ0n) is 12.5. The molecule has 0 radical (unpaired) electrons. The summed E-state index contributed by atoms with van der Waals surface area (Å²) in [6, 6.07) is 14.9. The number of hydrogen-bond acceptors (Lipinski definition) is 5. The van der Waals surface area contributed by atoms with Crippen molar-refractivity contribution in [3.8, 4) is 0 Å². The summed E-state index contributed by atoms with van der Waals surface area (Å²) >= 11 is 0.943. The second kappa shape index (κ2) is 7.69. The van der Waals surface area contributed by atoms with Gasteiger partial charge in [-0.3, -0.25) is 19.7 Å². The van der Waals surface area contributed by atoms with Crippen LogP contribution in [0.5, 0.6) is 0 Å². The van der Waals surface area contributed by atoms with Crippen molar-refractivity contribution in [3.05, 3.63) is 75.8 Å². The number of hydrogen-bond donors (Lipinski definition) is 0. The number of thioether (sulfide) groups is 1. The molecule has 6 heteroatoms. The fourth-order valence-electron chi connectivity index (χ4n) is 2.25. The Kier molecular flexibility index (Phi) is 5.65. The number of carbonyl (C=O) groups excluding carboxylic acids is 2. The lowest BCUT2D eigenvalue weighted by molar-refractivity contribution is -0.385. The normalized spacial score (nSPS) is 11.7. The molecular formula is C17H15NO4S. The summed E-state index contributed by atoms with van der Waals surface area (Å²) < 4.78 is 0. The Hall–Kier alpha value is -2.47. The van der Waals surface area contributed by atoms with Gasteiger partial charge in [-0.15, -0.1) is 0 Å². The van der Waals surface area contributed by atoms with E-state index < -0.39 is 10.2 Å². The number of nitro groups is 1. The molecule has 5 nitrogen and oxygen atoms in total. The first-order valence-corrected chi connectivity index (χ1v) is 7.85. The van der Waals surface area contributed by atoms with Crippen LogP contribution in [0.15, 0.2) is 54.6 Å². The van der Waals surface area contributed by atoms with Crippen molar-refractivity contribution in [1.82, 2.24) is 0 Å². The molecule has 0 aromatic heterocycles. The Morgan fingerprint density at radius 2 is 1.70 bits per heavy atom. The quantitative estimate of drug-likeness (QED) is 0.451. The van der Waals surface area contributed by atoms with Gasteiger partial charge < -0.3 is 0 Å². The Morgan fingerprint density at radius 3 is 2.30 bits per heavy atom. The summed E-state index contributed by atoms with van der Waals surface area (Å²) in [5, 5.41) is 10.4. The molecule has 2 rings (SSSR count). The molecule has 0 bridgehead atoms. The molecule has 0 aliphatic heterocycles. The predicted octanol–water partition coefficient (Wildman–Crippen LogP) is 4.19. The molecule has 0 spiro atoms. The first-order valence-electron chi connectivity index (χ1n) is 6.98. The van der Waals surface area contributed by atoms with Crippen molar-refractivity contribution in [3.63, 3.8) is 0 Å². The highest BCUT2D eigenvalue weighted by atomic mass is 32.2. The fraction of sp³-hybridized carbons (Fsp3) is 0.176. The molecule has 0 heterocycles. The van der Waals surface area contributed by atoms with Crippen LogP contribution in [0.1, 0.15) is 34.5 Å². The summed E-state index contributed by atoms with van der Waals surface area (Å²) in [4.78, 5) is 34.6. The van der Waals surface area contributed by atoms with Gasteiger partial charge in [0.25, 0.3) is 5.69 Å². The molecule has 2 aromatic rings. The molecule has 0 aliphatic carbocycles. The van der Waals surface area contributed by atoms with E-state index in [1.807, 2.05) is 0 Å². The molecule has 0 fully saturated rings. The summed E-state index contributed by atoms with van der Waals surface area (Å²) in [6.45, 7) is 1.39. The summed E-state index contributed by atoms with van der Waals surface area (Å²) in [5.74, 6) is -0.150. The van der Waals surface area contributed by atoms with E-state index in [9.17, 15) is 19.7 Å². The smallest absolute Gasteiger partial charge is 0.273 e. The molecule has 1 unspecified atom stereocenters. The topological polar surface area (TPSA) is 77.3 Å². The van der Waals surface area contributed by atoms with Gasteiger partial charge in [0, 0.05) is 30.5 Å². The third-order valence-corrected chi connectivity index (χ3v) is 4.29. The number of nitrogens with zero attached hydrogens (tertiary/aromatic N) is 1. The van der Waals surface area contributed by atoms with E-state index in [1.54, 1.807) is 48.5 Å². The van der Waals surface area contributed by atoms with Gasteiger partial charge in [0.1, 0.15) is 0 Å². The molecule has 0 saturated carbocycles. The minimum absolute atomic E-state index is 0.0269. The number of para-hydroxylation sites is 1. The van der Waals surface area contributed by atoms with E-state index in [-0.39, 0.29) is 23.0 Å². The lowest BCUT2D eigenvalue weighted by Gasteiger charge is -2.15. The second-order valence-corrected chi connectivity index (χ2v) is 6.29. The number of rotatable bonds is 6. The van der Waals surface area contributed by atoms with Gasteiger partial charge in [-0.05, 0) is 0 Å². The van der Waals surface area contributed by atoms with Crippen LogP contribution in [0.4, 0.5) is 5.69 Å². The lowest BCUT2D eigenvalue weighted by Crippen LogP contribution is -2.08. The molecule has 0 saturated heterocycles. The summed E-state index contributed by atoms with van der Waals surface area (Å²) in [6.07, 6.45) is 0.0269. The van der Waals surface area contributed by atoms with Gasteiger partial charge in [-0.1, -0.05) is 60.3 Å². The van der Waals surface area contributed by atoms with E-state index in [0.717, 1.165) is 11.8 Å². The van der Waals surface area contributed by atoms with Crippen LogP contribution < -0.4 is 0 Å². The van der Waals surface area contributed by atoms with E-state index in [4.69, 9.17) is 0 Å². The zero-order valence-corrected chi connectivity index (χ0v) is 13.3. The Bertz CT molecular complexity index is 730. The Balaban J connectivity index is 2.33. The van der Waals surface area contributed by atoms with Gasteiger partial charge in [0.2, 0.25) is 0 Å². The maximum Gasteiger partial charge on any atom is 0.273 e. The first kappa shape index (κ1) is 16.9. The predicted molar refractivity (Wildman–Crippen MR) is 89.5 cm³/mol. The van der Waals surface area contributed by atoms with Gasteiger partial charge in [0.15, 0.2) is 10.9 Å². The molecule has 1 atom stereocenters. The van der Waals surface area contributed by atoms with Gasteiger partial charge in [-0.25, -0.2) is 0 Å². The van der Waals surface area contributed by atoms with Crippen LogP contribution in [0.2, 0.25) is 0 Å². The van der Waals surface area contributed by atoms with Crippen LogP contribution in [-0.4, -0.2) is 15.8 Å². The Labute approximate surface area is 137 Å². The Morgan fingerprint density at radius 1 is 1.09 bits per heavy atom. The van der Waals surface area contributed by atoms with E-state index in [0.29, 0.717) is 11.1 Å². The summed E-state index contributed by atoms with van der Waals surface area (Å²) in [7, 11) is 0. The third kappa shape index (κ3) is 4.50. The minimum Gasteiger partial charge on any atom is -0.294 e. The van der Waals surface area contributed by atoms with Crippen LogP contribution in [0.3, 0.4) is 0 Å². The molecule has 0 N–H and O–H groups in total. The lowest BCUT2D eigenvalue weighted by atomic mass is 10.0. The monoisotopic (exact) mass is 329 g/mol. The van der Waals surface area contributed by atoms with Gasteiger partial charge in [-0.2, -0.15) is 0 Å². The largest absolute Gasteiger partial charge is 0.294 e. The highest BCUT2D eigenvalue weighted by Crippen LogP contribution is 2.38. The first-order chi connectivity index (χ1) is 11.0. The number of ketones is 1. The molecule has 0 aliphatic rings. The standard InChI is InChI=1S/C17H15NO4S/c1-12(19)23-17(11-16(20)13-7-3-2-4-8-13)14-9-5-6-10-15(14)18(21)22/h2-10,17H,11H2,1H3. The maximum atomic E-state index is 12.4. The average molecular weight is 329 g/mol. The molecular weight excluding hydrogens is 314 g/mol. The SMILES string of the molecule is CC(=O)SC(CC(=O)c1ccccc1)c1ccccc1[N+](=O)[O-]. The van der Waals surface area contributed by atoms with Crippen LogP contribution >= 0.6 is 11.8 Å². The second-order valence-electron chi connectivity index (χ2n) is 4.91. The molecule has 0 amide bonds. The zero-order chi connectivity index (χ0) is 16.8. The van der Waals surface area contributed by atoms with Gasteiger partial charge >= 0.3 is 0 Å². The molecule has 2 aromatic carbocycles. The average Bonchev–Trinajstić information content (AvgIpc) is 2.54. The number of benzene rings is 2. The van der Waals surface area contributed by atoms with Crippen LogP contribution in [0.25, 0.3) is 0 Å². The van der Waals surface area contributed by atoms with Crippen molar-refractivity contribution < 1.29 is 14.5 Å². The van der Waals surface area contributed by atoms with Crippen molar-refractivity contribution in [2.24, 2.45) is 0 Å². The highest BCUT2D eigenvalue weighted by Gasteiger charge is 2.26. The van der Waals surface area contributed by atoms with E-state index in [2.05, 4.69) is 0 Å². The highest BCUT2D eigenvalue weighted by molar-refractivity contribution is 8.13.